The summed E-state index contributed by atoms with van der Waals surface area (Å²) in [6.45, 7) is 0.550. The fraction of sp³-hybridized carbons (Fsp3) is 0.188. The van der Waals surface area contributed by atoms with Crippen LogP contribution in [0.15, 0.2) is 47.5 Å². The van der Waals surface area contributed by atoms with Crippen LogP contribution in [0, 0.1) is 0 Å². The van der Waals surface area contributed by atoms with Crippen molar-refractivity contribution in [3.05, 3.63) is 53.6 Å². The molecule has 2 aromatic rings. The molecular formula is C16H13BN2O3. The van der Waals surface area contributed by atoms with Gasteiger partial charge in [0.15, 0.2) is 17.0 Å². The van der Waals surface area contributed by atoms with Gasteiger partial charge in [0.25, 0.3) is 6.02 Å². The largest absolute Gasteiger partial charge is 0.462 e. The first-order valence-electron chi connectivity index (χ1n) is 6.92. The van der Waals surface area contributed by atoms with Crippen LogP contribution in [0.3, 0.4) is 0 Å². The summed E-state index contributed by atoms with van der Waals surface area (Å²) in [6, 6.07) is 13.5. The van der Waals surface area contributed by atoms with Crippen LogP contribution in [0.2, 0.25) is 0 Å². The van der Waals surface area contributed by atoms with Gasteiger partial charge in [0, 0.05) is 0 Å². The molecule has 0 spiro atoms. The van der Waals surface area contributed by atoms with E-state index in [0.29, 0.717) is 17.8 Å². The van der Waals surface area contributed by atoms with Gasteiger partial charge in [-0.15, -0.1) is 0 Å². The molecule has 0 amide bonds. The van der Waals surface area contributed by atoms with Crippen molar-refractivity contribution in [3.8, 4) is 11.5 Å². The third-order valence-corrected chi connectivity index (χ3v) is 3.94. The highest BCUT2D eigenvalue weighted by Gasteiger charge is 2.40. The first kappa shape index (κ1) is 13.1. The molecule has 2 aromatic carbocycles. The summed E-state index contributed by atoms with van der Waals surface area (Å²) < 4.78 is 16.3. The van der Waals surface area contributed by atoms with Crippen molar-refractivity contribution in [3.63, 3.8) is 0 Å². The molecule has 0 aromatic heterocycles. The molecular weight excluding hydrogens is 279 g/mol. The van der Waals surface area contributed by atoms with E-state index in [2.05, 4.69) is 4.99 Å². The summed E-state index contributed by atoms with van der Waals surface area (Å²) in [5, 5.41) is 0. The highest BCUT2D eigenvalue weighted by Crippen LogP contribution is 2.42. The quantitative estimate of drug-likeness (QED) is 0.831. The zero-order valence-electron chi connectivity index (χ0n) is 11.8. The summed E-state index contributed by atoms with van der Waals surface area (Å²) in [5.41, 5.74) is 7.56. The molecule has 6 heteroatoms. The molecule has 4 rings (SSSR count). The molecule has 0 bridgehead atoms. The Morgan fingerprint density at radius 1 is 1.00 bits per heavy atom. The van der Waals surface area contributed by atoms with Crippen molar-refractivity contribution >= 4 is 19.3 Å². The maximum atomic E-state index is 5.92. The van der Waals surface area contributed by atoms with E-state index in [1.807, 2.05) is 42.5 Å². The van der Waals surface area contributed by atoms with E-state index in [-0.39, 0.29) is 12.8 Å². The molecule has 2 radical (unpaired) electrons. The molecule has 0 saturated heterocycles. The lowest BCUT2D eigenvalue weighted by Crippen LogP contribution is -2.28. The number of amidine groups is 1. The highest BCUT2D eigenvalue weighted by atomic mass is 16.7. The molecule has 1 atom stereocenters. The van der Waals surface area contributed by atoms with Crippen molar-refractivity contribution in [1.82, 2.24) is 0 Å². The van der Waals surface area contributed by atoms with Crippen LogP contribution in [0.4, 0.5) is 0 Å². The molecule has 22 heavy (non-hydrogen) atoms. The number of rotatable bonds is 2. The van der Waals surface area contributed by atoms with E-state index in [4.69, 9.17) is 27.8 Å². The number of nitrogens with zero attached hydrogens (tertiary/aromatic N) is 1. The van der Waals surface area contributed by atoms with Crippen LogP contribution < -0.4 is 20.7 Å². The number of benzene rings is 2. The normalized spacial score (nSPS) is 22.3. The molecule has 0 saturated carbocycles. The highest BCUT2D eigenvalue weighted by molar-refractivity contribution is 6.32. The van der Waals surface area contributed by atoms with Gasteiger partial charge >= 0.3 is 0 Å². The average Bonchev–Trinajstić information content (AvgIpc) is 3.13. The second-order valence-electron chi connectivity index (χ2n) is 5.29. The topological polar surface area (TPSA) is 66.1 Å². The molecule has 2 heterocycles. The van der Waals surface area contributed by atoms with Gasteiger partial charge in [0.1, 0.15) is 14.5 Å². The van der Waals surface area contributed by atoms with Crippen LogP contribution in [0.5, 0.6) is 11.5 Å². The molecule has 2 aliphatic rings. The zero-order valence-corrected chi connectivity index (χ0v) is 11.8. The van der Waals surface area contributed by atoms with Crippen molar-refractivity contribution < 1.29 is 14.2 Å². The fourth-order valence-electron chi connectivity index (χ4n) is 2.84. The Hall–Kier alpha value is -2.63. The third kappa shape index (κ3) is 1.91. The Kier molecular flexibility index (Phi) is 2.79. The summed E-state index contributed by atoms with van der Waals surface area (Å²) in [5.74, 6) is 1.42. The minimum Gasteiger partial charge on any atom is -0.462 e. The minimum atomic E-state index is -0.722. The van der Waals surface area contributed by atoms with Gasteiger partial charge in [0.2, 0.25) is 6.79 Å². The Balaban J connectivity index is 1.89. The molecule has 108 valence electrons. The number of aliphatic imine (C=N–C) groups is 1. The van der Waals surface area contributed by atoms with Gasteiger partial charge in [0.05, 0.1) is 0 Å². The molecule has 1 unspecified atom stereocenters. The third-order valence-electron chi connectivity index (χ3n) is 3.94. The van der Waals surface area contributed by atoms with E-state index >= 15 is 0 Å². The SMILES string of the molecule is [B]c1cccc(C2(c3ccc4c(c3)OCO4)COC(N)=N2)c1. The van der Waals surface area contributed by atoms with Gasteiger partial charge in [-0.2, -0.15) is 0 Å². The average molecular weight is 292 g/mol. The van der Waals surface area contributed by atoms with Crippen molar-refractivity contribution in [2.75, 3.05) is 13.4 Å². The summed E-state index contributed by atoms with van der Waals surface area (Å²) >= 11 is 0. The lowest BCUT2D eigenvalue weighted by molar-refractivity contribution is 0.174. The second-order valence-corrected chi connectivity index (χ2v) is 5.29. The number of hydrogen-bond donors (Lipinski definition) is 1. The summed E-state index contributed by atoms with van der Waals surface area (Å²) in [7, 11) is 5.92. The smallest absolute Gasteiger partial charge is 0.283 e. The van der Waals surface area contributed by atoms with Crippen LogP contribution in [-0.2, 0) is 10.3 Å². The van der Waals surface area contributed by atoms with E-state index in [0.717, 1.165) is 16.9 Å². The van der Waals surface area contributed by atoms with Crippen LogP contribution in [-0.4, -0.2) is 27.3 Å². The van der Waals surface area contributed by atoms with Crippen LogP contribution in [0.25, 0.3) is 0 Å². The molecule has 2 N–H and O–H groups in total. The molecule has 2 aliphatic heterocycles. The van der Waals surface area contributed by atoms with Crippen LogP contribution in [0.1, 0.15) is 11.1 Å². The predicted octanol–water partition coefficient (Wildman–Crippen LogP) is 0.798. The lowest BCUT2D eigenvalue weighted by atomic mass is 9.81. The fourth-order valence-corrected chi connectivity index (χ4v) is 2.84. The Morgan fingerprint density at radius 3 is 2.59 bits per heavy atom. The first-order valence-corrected chi connectivity index (χ1v) is 6.92. The molecule has 0 aliphatic carbocycles. The van der Waals surface area contributed by atoms with Crippen molar-refractivity contribution in [1.29, 1.82) is 0 Å². The van der Waals surface area contributed by atoms with Gasteiger partial charge in [-0.05, 0) is 23.3 Å². The summed E-state index contributed by atoms with van der Waals surface area (Å²) in [4.78, 5) is 4.55. The Morgan fingerprint density at radius 2 is 1.82 bits per heavy atom. The van der Waals surface area contributed by atoms with Crippen molar-refractivity contribution in [2.45, 2.75) is 5.54 Å². The van der Waals surface area contributed by atoms with Crippen molar-refractivity contribution in [2.24, 2.45) is 10.7 Å². The van der Waals surface area contributed by atoms with Gasteiger partial charge in [-0.25, -0.2) is 4.99 Å². The maximum absolute atomic E-state index is 5.92. The maximum Gasteiger partial charge on any atom is 0.283 e. The van der Waals surface area contributed by atoms with Gasteiger partial charge < -0.3 is 19.9 Å². The number of ether oxygens (including phenoxy) is 3. The second kappa shape index (κ2) is 4.69. The number of hydrogen-bond acceptors (Lipinski definition) is 5. The number of fused-ring (bicyclic) bond motifs is 1. The zero-order chi connectivity index (χ0) is 15.2. The summed E-state index contributed by atoms with van der Waals surface area (Å²) in [6.07, 6.45) is 0. The minimum absolute atomic E-state index is 0.167. The van der Waals surface area contributed by atoms with E-state index in [1.54, 1.807) is 0 Å². The van der Waals surface area contributed by atoms with E-state index < -0.39 is 5.54 Å². The monoisotopic (exact) mass is 292 g/mol. The van der Waals surface area contributed by atoms with E-state index in [9.17, 15) is 0 Å². The van der Waals surface area contributed by atoms with Crippen LogP contribution >= 0.6 is 0 Å². The first-order chi connectivity index (χ1) is 10.7. The molecule has 0 fully saturated rings. The Labute approximate surface area is 129 Å². The molecule has 5 nitrogen and oxygen atoms in total. The van der Waals surface area contributed by atoms with Gasteiger partial charge in [-0.1, -0.05) is 35.8 Å². The van der Waals surface area contributed by atoms with Gasteiger partial charge in [-0.3, -0.25) is 0 Å². The Bertz CT molecular complexity index is 778. The lowest BCUT2D eigenvalue weighted by Gasteiger charge is -2.25. The standard InChI is InChI=1S/C16H13BN2O3/c17-12-3-1-2-10(6-12)16(8-20-15(18)19-16)11-4-5-13-14(7-11)22-9-21-13/h1-7H,8-9H2,(H2,18,19). The number of nitrogens with two attached hydrogens (primary N) is 1. The van der Waals surface area contributed by atoms with E-state index in [1.165, 1.54) is 0 Å². The predicted molar refractivity (Wildman–Crippen MR) is 82.7 cm³/mol.